The standard InChI is InChI=1S/C16H22Cl2FN/c1-9-5-4-6-14(10(9)2)20-11(3)15-12(17)7-8-13(19)16(15)18/h7-11,14,20H,4-6H2,1-3H3. The lowest BCUT2D eigenvalue weighted by molar-refractivity contribution is 0.196. The topological polar surface area (TPSA) is 12.0 Å². The van der Waals surface area contributed by atoms with Crippen LogP contribution in [0.4, 0.5) is 4.39 Å². The lowest BCUT2D eigenvalue weighted by atomic mass is 9.77. The molecule has 4 unspecified atom stereocenters. The van der Waals surface area contributed by atoms with E-state index in [2.05, 4.69) is 19.2 Å². The summed E-state index contributed by atoms with van der Waals surface area (Å²) in [6, 6.07) is 3.27. The summed E-state index contributed by atoms with van der Waals surface area (Å²) in [5, 5.41) is 4.24. The second kappa shape index (κ2) is 6.64. The van der Waals surface area contributed by atoms with Gasteiger partial charge in [-0.25, -0.2) is 4.39 Å². The van der Waals surface area contributed by atoms with E-state index >= 15 is 0 Å². The van der Waals surface area contributed by atoms with Gasteiger partial charge in [0.1, 0.15) is 5.82 Å². The molecule has 20 heavy (non-hydrogen) atoms. The third-order valence-corrected chi connectivity index (χ3v) is 5.40. The van der Waals surface area contributed by atoms with Crippen LogP contribution in [0.5, 0.6) is 0 Å². The summed E-state index contributed by atoms with van der Waals surface area (Å²) in [6.07, 6.45) is 3.68. The maximum Gasteiger partial charge on any atom is 0.142 e. The zero-order valence-electron chi connectivity index (χ0n) is 12.2. The fraction of sp³-hybridized carbons (Fsp3) is 0.625. The molecule has 0 aromatic heterocycles. The SMILES string of the molecule is CC(NC1CCCC(C)C1C)c1c(Cl)ccc(F)c1Cl. The van der Waals surface area contributed by atoms with Gasteiger partial charge in [-0.05, 0) is 37.3 Å². The molecule has 1 nitrogen and oxygen atoms in total. The highest BCUT2D eigenvalue weighted by atomic mass is 35.5. The summed E-state index contributed by atoms with van der Waals surface area (Å²) in [5.74, 6) is 0.911. The van der Waals surface area contributed by atoms with E-state index in [1.807, 2.05) is 6.92 Å². The van der Waals surface area contributed by atoms with Gasteiger partial charge >= 0.3 is 0 Å². The van der Waals surface area contributed by atoms with E-state index in [9.17, 15) is 4.39 Å². The number of hydrogen-bond donors (Lipinski definition) is 1. The maximum absolute atomic E-state index is 13.6. The summed E-state index contributed by atoms with van der Waals surface area (Å²) >= 11 is 12.3. The Morgan fingerprint density at radius 2 is 1.95 bits per heavy atom. The molecule has 112 valence electrons. The van der Waals surface area contributed by atoms with E-state index in [-0.39, 0.29) is 11.1 Å². The van der Waals surface area contributed by atoms with Gasteiger partial charge in [-0.3, -0.25) is 0 Å². The summed E-state index contributed by atoms with van der Waals surface area (Å²) < 4.78 is 13.6. The van der Waals surface area contributed by atoms with Crippen LogP contribution >= 0.6 is 23.2 Å². The quantitative estimate of drug-likeness (QED) is 0.715. The number of benzene rings is 1. The fourth-order valence-electron chi connectivity index (χ4n) is 3.16. The molecule has 2 rings (SSSR count). The van der Waals surface area contributed by atoms with E-state index in [4.69, 9.17) is 23.2 Å². The average molecular weight is 318 g/mol. The monoisotopic (exact) mass is 317 g/mol. The van der Waals surface area contributed by atoms with Crippen molar-refractivity contribution in [1.82, 2.24) is 5.32 Å². The van der Waals surface area contributed by atoms with Gasteiger partial charge < -0.3 is 5.32 Å². The van der Waals surface area contributed by atoms with Crippen LogP contribution in [0.2, 0.25) is 10.0 Å². The minimum atomic E-state index is -0.412. The minimum absolute atomic E-state index is 0.0524. The van der Waals surface area contributed by atoms with Crippen LogP contribution in [0.1, 0.15) is 51.6 Å². The van der Waals surface area contributed by atoms with Crippen molar-refractivity contribution in [2.45, 2.75) is 52.1 Å². The molecule has 0 heterocycles. The molecule has 4 heteroatoms. The van der Waals surface area contributed by atoms with Crippen molar-refractivity contribution in [3.05, 3.63) is 33.6 Å². The van der Waals surface area contributed by atoms with E-state index in [1.165, 1.54) is 18.9 Å². The van der Waals surface area contributed by atoms with Crippen molar-refractivity contribution < 1.29 is 4.39 Å². The van der Waals surface area contributed by atoms with Crippen molar-refractivity contribution in [2.24, 2.45) is 11.8 Å². The van der Waals surface area contributed by atoms with Crippen molar-refractivity contribution in [1.29, 1.82) is 0 Å². The van der Waals surface area contributed by atoms with E-state index in [0.717, 1.165) is 6.42 Å². The Balaban J connectivity index is 2.16. The first-order chi connectivity index (χ1) is 9.41. The second-order valence-corrected chi connectivity index (χ2v) is 6.80. The van der Waals surface area contributed by atoms with Gasteiger partial charge in [0.2, 0.25) is 0 Å². The molecular weight excluding hydrogens is 296 g/mol. The summed E-state index contributed by atoms with van der Waals surface area (Å²) in [7, 11) is 0. The smallest absolute Gasteiger partial charge is 0.142 e. The van der Waals surface area contributed by atoms with Crippen LogP contribution in [0.3, 0.4) is 0 Å². The molecule has 4 atom stereocenters. The highest BCUT2D eigenvalue weighted by molar-refractivity contribution is 6.36. The zero-order valence-corrected chi connectivity index (χ0v) is 13.7. The molecule has 1 saturated carbocycles. The lowest BCUT2D eigenvalue weighted by Crippen LogP contribution is -2.41. The third kappa shape index (κ3) is 3.29. The predicted octanol–water partition coefficient (Wildman–Crippen LogP) is 5.61. The molecule has 1 aliphatic rings. The Morgan fingerprint density at radius 3 is 2.65 bits per heavy atom. The zero-order chi connectivity index (χ0) is 14.9. The van der Waals surface area contributed by atoms with Crippen LogP contribution in [0, 0.1) is 17.7 Å². The lowest BCUT2D eigenvalue weighted by Gasteiger charge is -2.37. The maximum atomic E-state index is 13.6. The van der Waals surface area contributed by atoms with Gasteiger partial charge in [-0.2, -0.15) is 0 Å². The Bertz CT molecular complexity index is 478. The molecule has 0 saturated heterocycles. The average Bonchev–Trinajstić information content (AvgIpc) is 2.40. The van der Waals surface area contributed by atoms with Gasteiger partial charge in [0.25, 0.3) is 0 Å². The number of halogens is 3. The van der Waals surface area contributed by atoms with Crippen molar-refractivity contribution >= 4 is 23.2 Å². The molecule has 1 aliphatic carbocycles. The highest BCUT2D eigenvalue weighted by Crippen LogP contribution is 2.35. The largest absolute Gasteiger partial charge is 0.307 e. The first-order valence-corrected chi connectivity index (χ1v) is 8.06. The number of nitrogens with one attached hydrogen (secondary N) is 1. The second-order valence-electron chi connectivity index (χ2n) is 6.02. The van der Waals surface area contributed by atoms with Crippen molar-refractivity contribution in [2.75, 3.05) is 0 Å². The van der Waals surface area contributed by atoms with Gasteiger partial charge in [0, 0.05) is 22.7 Å². The van der Waals surface area contributed by atoms with E-state index < -0.39 is 5.82 Å². The predicted molar refractivity (Wildman–Crippen MR) is 83.9 cm³/mol. The summed E-state index contributed by atoms with van der Waals surface area (Å²) in [4.78, 5) is 0. The normalized spacial score (nSPS) is 28.4. The van der Waals surface area contributed by atoms with E-state index in [1.54, 1.807) is 6.07 Å². The van der Waals surface area contributed by atoms with Crippen LogP contribution in [-0.2, 0) is 0 Å². The van der Waals surface area contributed by atoms with Crippen LogP contribution < -0.4 is 5.32 Å². The third-order valence-electron chi connectivity index (χ3n) is 4.68. The van der Waals surface area contributed by atoms with Crippen LogP contribution in [-0.4, -0.2) is 6.04 Å². The molecule has 1 N–H and O–H groups in total. The molecular formula is C16H22Cl2FN. The highest BCUT2D eigenvalue weighted by Gasteiger charge is 2.29. The first kappa shape index (κ1) is 16.1. The molecule has 0 radical (unpaired) electrons. The Morgan fingerprint density at radius 1 is 1.25 bits per heavy atom. The van der Waals surface area contributed by atoms with Crippen LogP contribution in [0.15, 0.2) is 12.1 Å². The van der Waals surface area contributed by atoms with Gasteiger partial charge in [0.05, 0.1) is 5.02 Å². The molecule has 0 aliphatic heterocycles. The number of hydrogen-bond acceptors (Lipinski definition) is 1. The molecule has 0 spiro atoms. The Kier molecular flexibility index (Phi) is 5.33. The Labute approximate surface area is 130 Å². The fourth-order valence-corrected chi connectivity index (χ4v) is 3.86. The molecule has 0 amide bonds. The van der Waals surface area contributed by atoms with Crippen molar-refractivity contribution in [3.8, 4) is 0 Å². The van der Waals surface area contributed by atoms with Crippen LogP contribution in [0.25, 0.3) is 0 Å². The molecule has 1 fully saturated rings. The minimum Gasteiger partial charge on any atom is -0.307 e. The van der Waals surface area contributed by atoms with Crippen molar-refractivity contribution in [3.63, 3.8) is 0 Å². The summed E-state index contributed by atoms with van der Waals surface area (Å²) in [6.45, 7) is 6.58. The summed E-state index contributed by atoms with van der Waals surface area (Å²) in [5.41, 5.74) is 0.666. The first-order valence-electron chi connectivity index (χ1n) is 7.31. The molecule has 1 aromatic rings. The van der Waals surface area contributed by atoms with Gasteiger partial charge in [-0.15, -0.1) is 0 Å². The number of rotatable bonds is 3. The van der Waals surface area contributed by atoms with Gasteiger partial charge in [0.15, 0.2) is 0 Å². The van der Waals surface area contributed by atoms with Gasteiger partial charge in [-0.1, -0.05) is 49.9 Å². The molecule has 1 aromatic carbocycles. The molecule has 0 bridgehead atoms. The van der Waals surface area contributed by atoms with E-state index in [0.29, 0.717) is 28.5 Å². The Hall–Kier alpha value is -0.310.